The van der Waals surface area contributed by atoms with Crippen LogP contribution in [0.1, 0.15) is 30.3 Å². The topological polar surface area (TPSA) is 37.8 Å². The van der Waals surface area contributed by atoms with E-state index in [0.29, 0.717) is 10.3 Å². The Labute approximate surface area is 125 Å². The lowest BCUT2D eigenvalue weighted by atomic mass is 10.1. The molecule has 0 radical (unpaired) electrons. The number of halogens is 2. The predicted octanol–water partition coefficient (Wildman–Crippen LogP) is 3.60. The molecule has 0 fully saturated rings. The Bertz CT molecular complexity index is 658. The van der Waals surface area contributed by atoms with E-state index in [4.69, 9.17) is 4.98 Å². The molecule has 3 rings (SSSR count). The summed E-state index contributed by atoms with van der Waals surface area (Å²) >= 11 is 3.39. The fraction of sp³-hybridized carbons (Fsp3) is 0.333. The SMILES string of the molecule is CCCc1nc(-c2ccc(F)cc2Br)nc2c1CNC2. The van der Waals surface area contributed by atoms with Gasteiger partial charge in [-0.3, -0.25) is 0 Å². The first-order chi connectivity index (χ1) is 9.69. The smallest absolute Gasteiger partial charge is 0.160 e. The number of nitrogens with one attached hydrogen (secondary N) is 1. The molecular weight excluding hydrogens is 321 g/mol. The van der Waals surface area contributed by atoms with Gasteiger partial charge in [0.15, 0.2) is 5.82 Å². The Morgan fingerprint density at radius 2 is 2.15 bits per heavy atom. The second-order valence-electron chi connectivity index (χ2n) is 4.90. The van der Waals surface area contributed by atoms with Crippen molar-refractivity contribution in [2.75, 3.05) is 0 Å². The number of benzene rings is 1. The van der Waals surface area contributed by atoms with Crippen LogP contribution in [-0.4, -0.2) is 9.97 Å². The van der Waals surface area contributed by atoms with Gasteiger partial charge in [0, 0.05) is 34.4 Å². The lowest BCUT2D eigenvalue weighted by molar-refractivity contribution is 0.627. The van der Waals surface area contributed by atoms with E-state index in [-0.39, 0.29) is 5.82 Å². The van der Waals surface area contributed by atoms with E-state index >= 15 is 0 Å². The molecule has 5 heteroatoms. The summed E-state index contributed by atoms with van der Waals surface area (Å²) in [4.78, 5) is 9.32. The molecule has 1 aliphatic rings. The van der Waals surface area contributed by atoms with E-state index in [0.717, 1.165) is 42.9 Å². The maximum absolute atomic E-state index is 13.2. The molecule has 0 spiro atoms. The first kappa shape index (κ1) is 13.6. The van der Waals surface area contributed by atoms with E-state index < -0.39 is 0 Å². The van der Waals surface area contributed by atoms with Crippen LogP contribution in [0, 0.1) is 5.82 Å². The van der Waals surface area contributed by atoms with Gasteiger partial charge in [-0.05, 0) is 40.5 Å². The molecule has 0 aliphatic carbocycles. The number of hydrogen-bond acceptors (Lipinski definition) is 3. The first-order valence-corrected chi connectivity index (χ1v) is 7.53. The number of fused-ring (bicyclic) bond motifs is 1. The molecule has 1 aliphatic heterocycles. The highest BCUT2D eigenvalue weighted by atomic mass is 79.9. The Morgan fingerprint density at radius 1 is 1.30 bits per heavy atom. The number of aryl methyl sites for hydroxylation is 1. The largest absolute Gasteiger partial charge is 0.307 e. The molecule has 0 atom stereocenters. The van der Waals surface area contributed by atoms with Gasteiger partial charge in [-0.25, -0.2) is 14.4 Å². The molecule has 0 saturated carbocycles. The minimum atomic E-state index is -0.266. The summed E-state index contributed by atoms with van der Waals surface area (Å²) in [5.41, 5.74) is 4.23. The second-order valence-corrected chi connectivity index (χ2v) is 5.75. The zero-order valence-corrected chi connectivity index (χ0v) is 12.8. The summed E-state index contributed by atoms with van der Waals surface area (Å²) in [6.07, 6.45) is 1.99. The Balaban J connectivity index is 2.12. The fourth-order valence-corrected chi connectivity index (χ4v) is 3.00. The van der Waals surface area contributed by atoms with Crippen LogP contribution in [0.2, 0.25) is 0 Å². The normalized spacial score (nSPS) is 13.6. The minimum Gasteiger partial charge on any atom is -0.307 e. The zero-order chi connectivity index (χ0) is 14.1. The fourth-order valence-electron chi connectivity index (χ4n) is 2.47. The van der Waals surface area contributed by atoms with E-state index in [1.54, 1.807) is 6.07 Å². The predicted molar refractivity (Wildman–Crippen MR) is 79.7 cm³/mol. The molecule has 1 aromatic heterocycles. The van der Waals surface area contributed by atoms with E-state index in [1.165, 1.54) is 17.7 Å². The number of hydrogen-bond donors (Lipinski definition) is 1. The maximum Gasteiger partial charge on any atom is 0.160 e. The molecule has 0 unspecified atom stereocenters. The van der Waals surface area contributed by atoms with Crippen molar-refractivity contribution in [3.8, 4) is 11.4 Å². The third kappa shape index (κ3) is 2.47. The highest BCUT2D eigenvalue weighted by Crippen LogP contribution is 2.29. The van der Waals surface area contributed by atoms with Crippen molar-refractivity contribution in [2.24, 2.45) is 0 Å². The van der Waals surface area contributed by atoms with Gasteiger partial charge in [0.1, 0.15) is 5.82 Å². The first-order valence-electron chi connectivity index (χ1n) is 6.74. The van der Waals surface area contributed by atoms with Crippen molar-refractivity contribution >= 4 is 15.9 Å². The molecule has 104 valence electrons. The van der Waals surface area contributed by atoms with Gasteiger partial charge in [-0.1, -0.05) is 13.3 Å². The molecule has 1 N–H and O–H groups in total. The molecular formula is C15H15BrFN3. The van der Waals surface area contributed by atoms with Crippen molar-refractivity contribution in [1.29, 1.82) is 0 Å². The third-order valence-electron chi connectivity index (χ3n) is 3.43. The summed E-state index contributed by atoms with van der Waals surface area (Å²) in [7, 11) is 0. The summed E-state index contributed by atoms with van der Waals surface area (Å²) < 4.78 is 13.9. The highest BCUT2D eigenvalue weighted by Gasteiger charge is 2.19. The van der Waals surface area contributed by atoms with Gasteiger partial charge in [0.25, 0.3) is 0 Å². The molecule has 0 saturated heterocycles. The van der Waals surface area contributed by atoms with E-state index in [1.807, 2.05) is 0 Å². The average molecular weight is 336 g/mol. The van der Waals surface area contributed by atoms with Crippen molar-refractivity contribution in [3.05, 3.63) is 45.4 Å². The van der Waals surface area contributed by atoms with Crippen LogP contribution in [0.5, 0.6) is 0 Å². The van der Waals surface area contributed by atoms with Gasteiger partial charge >= 0.3 is 0 Å². The zero-order valence-electron chi connectivity index (χ0n) is 11.2. The highest BCUT2D eigenvalue weighted by molar-refractivity contribution is 9.10. The third-order valence-corrected chi connectivity index (χ3v) is 4.09. The van der Waals surface area contributed by atoms with E-state index in [2.05, 4.69) is 33.2 Å². The number of rotatable bonds is 3. The van der Waals surface area contributed by atoms with Crippen LogP contribution in [0.3, 0.4) is 0 Å². The number of aromatic nitrogens is 2. The molecule has 0 bridgehead atoms. The minimum absolute atomic E-state index is 0.266. The molecule has 2 aromatic rings. The monoisotopic (exact) mass is 335 g/mol. The van der Waals surface area contributed by atoms with Crippen molar-refractivity contribution in [3.63, 3.8) is 0 Å². The van der Waals surface area contributed by atoms with Crippen LogP contribution in [-0.2, 0) is 19.5 Å². The standard InChI is InChI=1S/C15H15BrFN3/c1-2-3-13-11-7-18-8-14(11)20-15(19-13)10-5-4-9(17)6-12(10)16/h4-6,18H,2-3,7-8H2,1H3. The summed E-state index contributed by atoms with van der Waals surface area (Å²) in [5.74, 6) is 0.403. The van der Waals surface area contributed by atoms with E-state index in [9.17, 15) is 4.39 Å². The van der Waals surface area contributed by atoms with Crippen molar-refractivity contribution in [2.45, 2.75) is 32.9 Å². The maximum atomic E-state index is 13.2. The second kappa shape index (κ2) is 5.58. The van der Waals surface area contributed by atoms with Crippen LogP contribution in [0.25, 0.3) is 11.4 Å². The van der Waals surface area contributed by atoms with Gasteiger partial charge in [-0.2, -0.15) is 0 Å². The lowest BCUT2D eigenvalue weighted by Crippen LogP contribution is -2.04. The quantitative estimate of drug-likeness (QED) is 0.931. The summed E-state index contributed by atoms with van der Waals surface area (Å²) in [6.45, 7) is 3.76. The lowest BCUT2D eigenvalue weighted by Gasteiger charge is -2.10. The molecule has 0 amide bonds. The van der Waals surface area contributed by atoms with Gasteiger partial charge in [0.2, 0.25) is 0 Å². The van der Waals surface area contributed by atoms with Crippen LogP contribution in [0.4, 0.5) is 4.39 Å². The average Bonchev–Trinajstić information content (AvgIpc) is 2.87. The van der Waals surface area contributed by atoms with Crippen molar-refractivity contribution < 1.29 is 4.39 Å². The molecule has 1 aromatic carbocycles. The Hall–Kier alpha value is -1.33. The summed E-state index contributed by atoms with van der Waals surface area (Å²) in [6, 6.07) is 4.61. The Morgan fingerprint density at radius 3 is 2.90 bits per heavy atom. The summed E-state index contributed by atoms with van der Waals surface area (Å²) in [5, 5.41) is 3.31. The van der Waals surface area contributed by atoms with Gasteiger partial charge in [0.05, 0.1) is 5.69 Å². The van der Waals surface area contributed by atoms with Crippen LogP contribution >= 0.6 is 15.9 Å². The van der Waals surface area contributed by atoms with Crippen LogP contribution < -0.4 is 5.32 Å². The van der Waals surface area contributed by atoms with Gasteiger partial charge < -0.3 is 5.32 Å². The molecule has 2 heterocycles. The van der Waals surface area contributed by atoms with Gasteiger partial charge in [-0.15, -0.1) is 0 Å². The number of nitrogens with zero attached hydrogens (tertiary/aromatic N) is 2. The molecule has 3 nitrogen and oxygen atoms in total. The molecule has 20 heavy (non-hydrogen) atoms. The Kier molecular flexibility index (Phi) is 3.81. The van der Waals surface area contributed by atoms with Crippen molar-refractivity contribution in [1.82, 2.24) is 15.3 Å². The van der Waals surface area contributed by atoms with Crippen LogP contribution in [0.15, 0.2) is 22.7 Å².